The molecule has 3 N–H and O–H groups in total. The minimum Gasteiger partial charge on any atom is -0.459 e. The lowest BCUT2D eigenvalue weighted by Crippen LogP contribution is -2.37. The van der Waals surface area contributed by atoms with E-state index in [0.29, 0.717) is 5.56 Å². The van der Waals surface area contributed by atoms with Crippen LogP contribution in [0.3, 0.4) is 0 Å². The number of ether oxygens (including phenoxy) is 1. The topological polar surface area (TPSA) is 81.4 Å². The second-order valence-corrected chi connectivity index (χ2v) is 9.59. The van der Waals surface area contributed by atoms with E-state index in [1.54, 1.807) is 18.2 Å². The summed E-state index contributed by atoms with van der Waals surface area (Å²) in [6, 6.07) is 13.7. The molecular formula is C27H36N2O3. The van der Waals surface area contributed by atoms with Crippen LogP contribution in [0.15, 0.2) is 55.1 Å². The van der Waals surface area contributed by atoms with Gasteiger partial charge in [-0.05, 0) is 60.9 Å². The smallest absolute Gasteiger partial charge is 0.338 e. The first-order chi connectivity index (χ1) is 15.0. The zero-order valence-electron chi connectivity index (χ0n) is 19.9. The van der Waals surface area contributed by atoms with Crippen molar-refractivity contribution in [2.45, 2.75) is 65.6 Å². The molecule has 0 saturated carbocycles. The number of rotatable bonds is 9. The van der Waals surface area contributed by atoms with Crippen molar-refractivity contribution in [1.82, 2.24) is 5.32 Å². The molecule has 0 aliphatic rings. The predicted molar refractivity (Wildman–Crippen MR) is 130 cm³/mol. The summed E-state index contributed by atoms with van der Waals surface area (Å²) in [7, 11) is 0. The highest BCUT2D eigenvalue weighted by Crippen LogP contribution is 2.28. The number of hydrogen-bond acceptors (Lipinski definition) is 4. The minimum atomic E-state index is -0.772. The number of esters is 1. The maximum Gasteiger partial charge on any atom is 0.338 e. The van der Waals surface area contributed by atoms with Crippen LogP contribution in [0.4, 0.5) is 0 Å². The molecule has 5 heteroatoms. The lowest BCUT2D eigenvalue weighted by atomic mass is 9.87. The van der Waals surface area contributed by atoms with Crippen molar-refractivity contribution in [3.05, 3.63) is 77.4 Å². The van der Waals surface area contributed by atoms with E-state index in [1.165, 1.54) is 0 Å². The van der Waals surface area contributed by atoms with Crippen molar-refractivity contribution >= 4 is 18.0 Å². The number of hydrogen-bond donors (Lipinski definition) is 2. The summed E-state index contributed by atoms with van der Waals surface area (Å²) in [4.78, 5) is 25.1. The summed E-state index contributed by atoms with van der Waals surface area (Å²) < 4.78 is 5.26. The predicted octanol–water partition coefficient (Wildman–Crippen LogP) is 5.58. The molecular weight excluding hydrogens is 400 g/mol. The molecule has 2 unspecified atom stereocenters. The second-order valence-electron chi connectivity index (χ2n) is 9.59. The summed E-state index contributed by atoms with van der Waals surface area (Å²) in [6.07, 6.45) is 3.24. The highest BCUT2D eigenvalue weighted by Gasteiger charge is 2.23. The molecule has 0 aliphatic heterocycles. The van der Waals surface area contributed by atoms with Gasteiger partial charge in [-0.3, -0.25) is 4.79 Å². The molecule has 5 nitrogen and oxygen atoms in total. The van der Waals surface area contributed by atoms with Crippen LogP contribution in [0.1, 0.15) is 86.6 Å². The quantitative estimate of drug-likeness (QED) is 0.503. The van der Waals surface area contributed by atoms with Crippen LogP contribution < -0.4 is 11.1 Å². The van der Waals surface area contributed by atoms with Gasteiger partial charge in [0.1, 0.15) is 6.04 Å². The normalized spacial score (nSPS) is 13.3. The zero-order chi connectivity index (χ0) is 23.9. The Morgan fingerprint density at radius 3 is 2.09 bits per heavy atom. The Hall–Kier alpha value is -2.92. The summed E-state index contributed by atoms with van der Waals surface area (Å²) >= 11 is 0. The Morgan fingerprint density at radius 2 is 1.59 bits per heavy atom. The van der Waals surface area contributed by atoms with Gasteiger partial charge in [0.05, 0.1) is 17.7 Å². The average Bonchev–Trinajstić information content (AvgIpc) is 2.75. The minimum absolute atomic E-state index is 0.118. The molecule has 1 amide bonds. The molecule has 0 spiro atoms. The zero-order valence-corrected chi connectivity index (χ0v) is 19.9. The van der Waals surface area contributed by atoms with Crippen LogP contribution in [-0.2, 0) is 9.53 Å². The van der Waals surface area contributed by atoms with Crippen LogP contribution >= 0.6 is 0 Å². The van der Waals surface area contributed by atoms with Crippen LogP contribution in [0.5, 0.6) is 0 Å². The Labute approximate surface area is 192 Å². The third-order valence-electron chi connectivity index (χ3n) is 5.20. The Morgan fingerprint density at radius 1 is 1.03 bits per heavy atom. The Bertz CT molecular complexity index is 909. The monoisotopic (exact) mass is 436 g/mol. The van der Waals surface area contributed by atoms with Crippen molar-refractivity contribution in [1.29, 1.82) is 0 Å². The molecule has 0 radical (unpaired) electrons. The maximum absolute atomic E-state index is 13.0. The third kappa shape index (κ3) is 7.65. The standard InChI is InChI=1S/C27H36N2O3/c1-7-19-8-10-21(11-9-19)24(28)25(30)29-23(16-17-27(4,5)6)20-12-14-22(15-13-20)26(31)32-18(2)3/h7-15,18,23-24H,1,16-17,28H2,2-6H3,(H,29,30). The first-order valence-corrected chi connectivity index (χ1v) is 11.1. The van der Waals surface area contributed by atoms with Gasteiger partial charge in [0, 0.05) is 0 Å². The number of carbonyl (C=O) groups excluding carboxylic acids is 2. The lowest BCUT2D eigenvalue weighted by molar-refractivity contribution is -0.123. The van der Waals surface area contributed by atoms with E-state index >= 15 is 0 Å². The highest BCUT2D eigenvalue weighted by molar-refractivity contribution is 5.89. The summed E-state index contributed by atoms with van der Waals surface area (Å²) in [5.41, 5.74) is 9.50. The molecule has 0 aromatic heterocycles. The molecule has 2 atom stereocenters. The van der Waals surface area contributed by atoms with Crippen molar-refractivity contribution in [2.75, 3.05) is 0 Å². The molecule has 2 rings (SSSR count). The molecule has 172 valence electrons. The summed E-state index contributed by atoms with van der Waals surface area (Å²) in [6.45, 7) is 13.9. The van der Waals surface area contributed by atoms with E-state index in [0.717, 1.165) is 29.5 Å². The van der Waals surface area contributed by atoms with Gasteiger partial charge >= 0.3 is 5.97 Å². The first-order valence-electron chi connectivity index (χ1n) is 11.1. The van der Waals surface area contributed by atoms with Gasteiger partial charge in [-0.25, -0.2) is 4.79 Å². The van der Waals surface area contributed by atoms with E-state index < -0.39 is 6.04 Å². The number of carbonyl (C=O) groups is 2. The molecule has 2 aromatic rings. The molecule has 32 heavy (non-hydrogen) atoms. The third-order valence-corrected chi connectivity index (χ3v) is 5.20. The molecule has 0 saturated heterocycles. The van der Waals surface area contributed by atoms with Gasteiger partial charge in [-0.2, -0.15) is 0 Å². The summed E-state index contributed by atoms with van der Waals surface area (Å²) in [5, 5.41) is 3.11. The van der Waals surface area contributed by atoms with Crippen LogP contribution in [0.2, 0.25) is 0 Å². The van der Waals surface area contributed by atoms with Crippen molar-refractivity contribution < 1.29 is 14.3 Å². The molecule has 0 fully saturated rings. The van der Waals surface area contributed by atoms with Gasteiger partial charge < -0.3 is 15.8 Å². The number of nitrogens with two attached hydrogens (primary N) is 1. The number of amides is 1. The van der Waals surface area contributed by atoms with E-state index in [-0.39, 0.29) is 29.4 Å². The van der Waals surface area contributed by atoms with Crippen molar-refractivity contribution in [3.63, 3.8) is 0 Å². The second kappa shape index (κ2) is 11.1. The van der Waals surface area contributed by atoms with Gasteiger partial charge in [-0.15, -0.1) is 0 Å². The molecule has 0 heterocycles. The van der Waals surface area contributed by atoms with E-state index in [2.05, 4.69) is 32.7 Å². The van der Waals surface area contributed by atoms with Crippen molar-refractivity contribution in [2.24, 2.45) is 11.1 Å². The fourth-order valence-corrected chi connectivity index (χ4v) is 3.29. The van der Waals surface area contributed by atoms with E-state index in [1.807, 2.05) is 50.2 Å². The van der Waals surface area contributed by atoms with Gasteiger partial charge in [0.25, 0.3) is 0 Å². The first kappa shape index (κ1) is 25.3. The van der Waals surface area contributed by atoms with E-state index in [4.69, 9.17) is 10.5 Å². The number of nitrogens with one attached hydrogen (secondary N) is 1. The highest BCUT2D eigenvalue weighted by atomic mass is 16.5. The maximum atomic E-state index is 13.0. The van der Waals surface area contributed by atoms with Gasteiger partial charge in [0.15, 0.2) is 0 Å². The van der Waals surface area contributed by atoms with Crippen LogP contribution in [-0.4, -0.2) is 18.0 Å². The van der Waals surface area contributed by atoms with Crippen molar-refractivity contribution in [3.8, 4) is 0 Å². The fraction of sp³-hybridized carbons (Fsp3) is 0.407. The average molecular weight is 437 g/mol. The number of benzene rings is 2. The fourth-order valence-electron chi connectivity index (χ4n) is 3.29. The Kier molecular flexibility index (Phi) is 8.79. The molecule has 0 aliphatic carbocycles. The molecule has 0 bridgehead atoms. The van der Waals surface area contributed by atoms with Crippen LogP contribution in [0, 0.1) is 5.41 Å². The Balaban J connectivity index is 2.19. The van der Waals surface area contributed by atoms with E-state index in [9.17, 15) is 9.59 Å². The van der Waals surface area contributed by atoms with Gasteiger partial charge in [0.2, 0.25) is 5.91 Å². The molecule has 2 aromatic carbocycles. The van der Waals surface area contributed by atoms with Gasteiger partial charge in [-0.1, -0.05) is 69.8 Å². The SMILES string of the molecule is C=Cc1ccc(C(N)C(=O)NC(CCC(C)(C)C)c2ccc(C(=O)OC(C)C)cc2)cc1. The largest absolute Gasteiger partial charge is 0.459 e. The van der Waals surface area contributed by atoms with Crippen LogP contribution in [0.25, 0.3) is 6.08 Å². The lowest BCUT2D eigenvalue weighted by Gasteiger charge is -2.26. The summed E-state index contributed by atoms with van der Waals surface area (Å²) in [5.74, 6) is -0.592.